The highest BCUT2D eigenvalue weighted by Gasteiger charge is 2.16. The Morgan fingerprint density at radius 1 is 1.38 bits per heavy atom. The van der Waals surface area contributed by atoms with Gasteiger partial charge < -0.3 is 9.32 Å². The summed E-state index contributed by atoms with van der Waals surface area (Å²) in [5, 5.41) is 0. The van der Waals surface area contributed by atoms with Crippen molar-refractivity contribution >= 4 is 28.7 Å². The Hall–Kier alpha value is -1.22. The van der Waals surface area contributed by atoms with E-state index in [0.717, 1.165) is 17.6 Å². The molecule has 1 aromatic heterocycles. The van der Waals surface area contributed by atoms with Gasteiger partial charge in [0.15, 0.2) is 5.58 Å². The van der Waals surface area contributed by atoms with E-state index in [1.807, 2.05) is 24.3 Å². The molecule has 0 spiro atoms. The first kappa shape index (κ1) is 11.3. The molecule has 3 nitrogen and oxygen atoms in total. The minimum absolute atomic E-state index is 0.326. The van der Waals surface area contributed by atoms with Gasteiger partial charge in [-0.1, -0.05) is 12.1 Å². The first-order chi connectivity index (χ1) is 7.72. The van der Waals surface area contributed by atoms with Crippen LogP contribution in [0.3, 0.4) is 0 Å². The smallest absolute Gasteiger partial charge is 0.298 e. The number of hydrogen-bond acceptors (Lipinski definition) is 3. The van der Waals surface area contributed by atoms with Gasteiger partial charge in [0.25, 0.3) is 6.01 Å². The topological polar surface area (TPSA) is 29.3 Å². The van der Waals surface area contributed by atoms with Gasteiger partial charge in [-0.05, 0) is 26.0 Å². The molecular weight excluding hydrogens is 224 g/mol. The van der Waals surface area contributed by atoms with E-state index in [9.17, 15) is 0 Å². The molecule has 2 aromatic rings. The van der Waals surface area contributed by atoms with Crippen LogP contribution in [0, 0.1) is 0 Å². The lowest BCUT2D eigenvalue weighted by Crippen LogP contribution is -2.32. The highest BCUT2D eigenvalue weighted by molar-refractivity contribution is 6.18. The van der Waals surface area contributed by atoms with Gasteiger partial charge >= 0.3 is 0 Å². The van der Waals surface area contributed by atoms with Crippen molar-refractivity contribution in [1.29, 1.82) is 0 Å². The number of fused-ring (bicyclic) bond motifs is 1. The summed E-state index contributed by atoms with van der Waals surface area (Å²) in [7, 11) is 0. The highest BCUT2D eigenvalue weighted by Crippen LogP contribution is 2.22. The van der Waals surface area contributed by atoms with Crippen molar-refractivity contribution in [3.05, 3.63) is 24.3 Å². The number of benzene rings is 1. The summed E-state index contributed by atoms with van der Waals surface area (Å²) in [5.41, 5.74) is 1.70. The Morgan fingerprint density at radius 3 is 2.75 bits per heavy atom. The van der Waals surface area contributed by atoms with Crippen LogP contribution in [0.15, 0.2) is 28.7 Å². The van der Waals surface area contributed by atoms with Gasteiger partial charge in [0.2, 0.25) is 0 Å². The lowest BCUT2D eigenvalue weighted by molar-refractivity contribution is 0.545. The number of para-hydroxylation sites is 2. The van der Waals surface area contributed by atoms with Crippen molar-refractivity contribution in [1.82, 2.24) is 4.98 Å². The normalized spacial score (nSPS) is 11.2. The van der Waals surface area contributed by atoms with Crippen molar-refractivity contribution in [2.45, 2.75) is 19.9 Å². The molecule has 0 N–H and O–H groups in total. The summed E-state index contributed by atoms with van der Waals surface area (Å²) < 4.78 is 5.70. The monoisotopic (exact) mass is 238 g/mol. The van der Waals surface area contributed by atoms with E-state index in [-0.39, 0.29) is 0 Å². The number of aromatic nitrogens is 1. The second-order valence-electron chi connectivity index (χ2n) is 3.94. The molecule has 0 aliphatic heterocycles. The van der Waals surface area contributed by atoms with Crippen molar-refractivity contribution in [3.63, 3.8) is 0 Å². The number of halogens is 1. The van der Waals surface area contributed by atoms with Gasteiger partial charge in [-0.3, -0.25) is 0 Å². The molecule has 0 fully saturated rings. The minimum Gasteiger partial charge on any atom is -0.423 e. The zero-order valence-electron chi connectivity index (χ0n) is 9.48. The standard InChI is InChI=1S/C12H15ClN2O/c1-9(2)15(8-7-13)12-14-10-5-3-4-6-11(10)16-12/h3-6,9H,7-8H2,1-2H3. The number of rotatable bonds is 4. The zero-order valence-corrected chi connectivity index (χ0v) is 10.2. The van der Waals surface area contributed by atoms with Crippen molar-refractivity contribution < 1.29 is 4.42 Å². The number of hydrogen-bond donors (Lipinski definition) is 0. The van der Waals surface area contributed by atoms with E-state index in [1.165, 1.54) is 0 Å². The van der Waals surface area contributed by atoms with Crippen LogP contribution in [0.1, 0.15) is 13.8 Å². The van der Waals surface area contributed by atoms with E-state index >= 15 is 0 Å². The predicted molar refractivity (Wildman–Crippen MR) is 67.2 cm³/mol. The number of alkyl halides is 1. The van der Waals surface area contributed by atoms with Crippen LogP contribution in [0.2, 0.25) is 0 Å². The first-order valence-electron chi connectivity index (χ1n) is 5.40. The Labute approximate surface area is 100 Å². The molecule has 0 saturated carbocycles. The maximum absolute atomic E-state index is 5.78. The SMILES string of the molecule is CC(C)N(CCCl)c1nc2ccccc2o1. The molecule has 0 unspecified atom stereocenters. The van der Waals surface area contributed by atoms with Gasteiger partial charge in [0.05, 0.1) is 0 Å². The largest absolute Gasteiger partial charge is 0.423 e. The molecule has 0 saturated heterocycles. The van der Waals surface area contributed by atoms with E-state index < -0.39 is 0 Å². The zero-order chi connectivity index (χ0) is 11.5. The van der Waals surface area contributed by atoms with Gasteiger partial charge in [0, 0.05) is 18.5 Å². The van der Waals surface area contributed by atoms with E-state index in [0.29, 0.717) is 17.9 Å². The van der Waals surface area contributed by atoms with Gasteiger partial charge in [0.1, 0.15) is 5.52 Å². The molecule has 0 aliphatic rings. The highest BCUT2D eigenvalue weighted by atomic mass is 35.5. The van der Waals surface area contributed by atoms with Gasteiger partial charge in [-0.15, -0.1) is 11.6 Å². The van der Waals surface area contributed by atoms with E-state index in [4.69, 9.17) is 16.0 Å². The van der Waals surface area contributed by atoms with Crippen LogP contribution in [0.4, 0.5) is 6.01 Å². The number of nitrogens with zero attached hydrogens (tertiary/aromatic N) is 2. The third kappa shape index (κ3) is 2.14. The summed E-state index contributed by atoms with van der Waals surface area (Å²) in [6.45, 7) is 4.94. The molecule has 0 amide bonds. The molecule has 0 atom stereocenters. The molecule has 86 valence electrons. The summed E-state index contributed by atoms with van der Waals surface area (Å²) in [6.07, 6.45) is 0. The third-order valence-corrected chi connectivity index (χ3v) is 2.65. The molecule has 1 aromatic carbocycles. The quantitative estimate of drug-likeness (QED) is 0.766. The fraction of sp³-hybridized carbons (Fsp3) is 0.417. The molecule has 2 rings (SSSR count). The van der Waals surface area contributed by atoms with Crippen molar-refractivity contribution in [3.8, 4) is 0 Å². The maximum Gasteiger partial charge on any atom is 0.298 e. The number of anilines is 1. The summed E-state index contributed by atoms with van der Waals surface area (Å²) in [5.74, 6) is 0.566. The van der Waals surface area contributed by atoms with E-state index in [1.54, 1.807) is 0 Å². The van der Waals surface area contributed by atoms with E-state index in [2.05, 4.69) is 23.7 Å². The summed E-state index contributed by atoms with van der Waals surface area (Å²) in [4.78, 5) is 6.52. The molecule has 4 heteroatoms. The fourth-order valence-electron chi connectivity index (χ4n) is 1.65. The molecule has 1 heterocycles. The van der Waals surface area contributed by atoms with Crippen LogP contribution >= 0.6 is 11.6 Å². The predicted octanol–water partition coefficient (Wildman–Crippen LogP) is 3.28. The maximum atomic E-state index is 5.78. The third-order valence-electron chi connectivity index (χ3n) is 2.48. The second kappa shape index (κ2) is 4.74. The fourth-order valence-corrected chi connectivity index (χ4v) is 1.83. The average molecular weight is 239 g/mol. The van der Waals surface area contributed by atoms with Gasteiger partial charge in [-0.25, -0.2) is 0 Å². The molecule has 0 aliphatic carbocycles. The Balaban J connectivity index is 2.37. The number of oxazole rings is 1. The lowest BCUT2D eigenvalue weighted by Gasteiger charge is -2.23. The summed E-state index contributed by atoms with van der Waals surface area (Å²) in [6, 6.07) is 8.74. The molecule has 16 heavy (non-hydrogen) atoms. The minimum atomic E-state index is 0.326. The first-order valence-corrected chi connectivity index (χ1v) is 5.94. The molecular formula is C12H15ClN2O. The Morgan fingerprint density at radius 2 is 2.12 bits per heavy atom. The average Bonchev–Trinajstić information content (AvgIpc) is 2.68. The van der Waals surface area contributed by atoms with Gasteiger partial charge in [-0.2, -0.15) is 4.98 Å². The molecule has 0 bridgehead atoms. The van der Waals surface area contributed by atoms with Crippen molar-refractivity contribution in [2.24, 2.45) is 0 Å². The van der Waals surface area contributed by atoms with Crippen LogP contribution < -0.4 is 4.90 Å². The second-order valence-corrected chi connectivity index (χ2v) is 4.32. The Bertz CT molecular complexity index is 434. The molecule has 0 radical (unpaired) electrons. The van der Waals surface area contributed by atoms with Crippen molar-refractivity contribution in [2.75, 3.05) is 17.3 Å². The van der Waals surface area contributed by atoms with Crippen LogP contribution in [0.5, 0.6) is 0 Å². The lowest BCUT2D eigenvalue weighted by atomic mass is 10.3. The van der Waals surface area contributed by atoms with Crippen LogP contribution in [0.25, 0.3) is 11.1 Å². The van der Waals surface area contributed by atoms with Crippen LogP contribution in [-0.2, 0) is 0 Å². The summed E-state index contributed by atoms with van der Waals surface area (Å²) >= 11 is 5.78. The Kier molecular flexibility index (Phi) is 3.34. The van der Waals surface area contributed by atoms with Crippen LogP contribution in [-0.4, -0.2) is 23.5 Å².